The van der Waals surface area contributed by atoms with Gasteiger partial charge in [-0.3, -0.25) is 9.80 Å². The Hall–Kier alpha value is -2.89. The van der Waals surface area contributed by atoms with Crippen LogP contribution in [-0.2, 0) is 14.0 Å². The highest BCUT2D eigenvalue weighted by Gasteiger charge is 2.40. The maximum atomic E-state index is 12.4. The molecule has 182 valence electrons. The van der Waals surface area contributed by atoms with Gasteiger partial charge in [0, 0.05) is 24.7 Å². The summed E-state index contributed by atoms with van der Waals surface area (Å²) < 4.78 is 17.5. The van der Waals surface area contributed by atoms with E-state index in [2.05, 4.69) is 27.1 Å². The number of esters is 1. The first-order valence-electron chi connectivity index (χ1n) is 12.5. The summed E-state index contributed by atoms with van der Waals surface area (Å²) in [6.07, 6.45) is 8.68. The van der Waals surface area contributed by atoms with Gasteiger partial charge in [-0.25, -0.2) is 0 Å². The van der Waals surface area contributed by atoms with Crippen molar-refractivity contribution in [2.45, 2.75) is 71.4 Å². The molecule has 1 aliphatic carbocycles. The highest BCUT2D eigenvalue weighted by molar-refractivity contribution is 6.07. The molecule has 4 rings (SSSR count). The number of hydrogen-bond donors (Lipinski definition) is 0. The van der Waals surface area contributed by atoms with E-state index in [-0.39, 0.29) is 30.5 Å². The van der Waals surface area contributed by atoms with Gasteiger partial charge in [0.1, 0.15) is 5.76 Å². The van der Waals surface area contributed by atoms with Crippen LogP contribution in [-0.4, -0.2) is 36.7 Å². The molecule has 0 saturated heterocycles. The van der Waals surface area contributed by atoms with Crippen molar-refractivity contribution < 1.29 is 18.4 Å². The van der Waals surface area contributed by atoms with Crippen LogP contribution in [0.4, 0.5) is 5.69 Å². The molecule has 6 heteroatoms. The van der Waals surface area contributed by atoms with Crippen molar-refractivity contribution in [3.05, 3.63) is 54.5 Å². The minimum absolute atomic E-state index is 0.0931. The van der Waals surface area contributed by atoms with Crippen molar-refractivity contribution in [1.29, 1.82) is 0 Å². The fraction of sp³-hybridized carbons (Fsp3) is 0.536. The second kappa shape index (κ2) is 11.0. The van der Waals surface area contributed by atoms with Crippen molar-refractivity contribution in [2.75, 3.05) is 11.6 Å². The molecule has 2 aromatic rings. The number of para-hydroxylation sites is 1. The molecule has 1 fully saturated rings. The number of carbonyl (C=O) groups is 1. The molecule has 1 saturated carbocycles. The number of benzene rings is 1. The third-order valence-electron chi connectivity index (χ3n) is 6.98. The topological polar surface area (TPSA) is 66.3 Å². The fourth-order valence-electron chi connectivity index (χ4n) is 5.20. The molecule has 0 N–H and O–H groups in total. The zero-order chi connectivity index (χ0) is 24.1. The second-order valence-corrected chi connectivity index (χ2v) is 9.79. The first kappa shape index (κ1) is 24.2. The molecule has 1 aliphatic heterocycles. The second-order valence-electron chi connectivity index (χ2n) is 9.79. The predicted octanol–water partition coefficient (Wildman–Crippen LogP) is 5.67. The zero-order valence-corrected chi connectivity index (χ0v) is 20.6. The maximum Gasteiger partial charge on any atom is 0.311 e. The maximum absolute atomic E-state index is 12.4. The molecule has 0 unspecified atom stereocenters. The van der Waals surface area contributed by atoms with Gasteiger partial charge in [0.15, 0.2) is 0 Å². The lowest BCUT2D eigenvalue weighted by Gasteiger charge is -2.32. The van der Waals surface area contributed by atoms with E-state index in [9.17, 15) is 4.79 Å². The van der Waals surface area contributed by atoms with Crippen LogP contribution in [0.15, 0.2) is 58.2 Å². The average molecular weight is 465 g/mol. The smallest absolute Gasteiger partial charge is 0.311 e. The highest BCUT2D eigenvalue weighted by Crippen LogP contribution is 2.37. The number of ether oxygens (including phenoxy) is 1. The summed E-state index contributed by atoms with van der Waals surface area (Å²) in [6, 6.07) is 13.4. The van der Waals surface area contributed by atoms with Crippen LogP contribution in [0.25, 0.3) is 0 Å². The summed E-state index contributed by atoms with van der Waals surface area (Å²) in [4.78, 5) is 12.4. The lowest BCUT2D eigenvalue weighted by atomic mass is 9.75. The zero-order valence-electron chi connectivity index (χ0n) is 20.6. The van der Waals surface area contributed by atoms with Crippen LogP contribution in [0.1, 0.15) is 65.1 Å². The van der Waals surface area contributed by atoms with Crippen molar-refractivity contribution in [3.63, 3.8) is 0 Å². The Labute approximate surface area is 202 Å². The summed E-state index contributed by atoms with van der Waals surface area (Å²) in [7, 11) is 0. The molecule has 1 aromatic heterocycles. The number of rotatable bonds is 8. The Morgan fingerprint density at radius 1 is 1.24 bits per heavy atom. The van der Waals surface area contributed by atoms with E-state index in [1.165, 1.54) is 12.8 Å². The van der Waals surface area contributed by atoms with E-state index in [0.29, 0.717) is 30.1 Å². The summed E-state index contributed by atoms with van der Waals surface area (Å²) in [5.74, 6) is 1.82. The van der Waals surface area contributed by atoms with Crippen LogP contribution < -0.4 is 5.01 Å². The number of furan rings is 1. The molecule has 5 atom stereocenters. The fourth-order valence-corrected chi connectivity index (χ4v) is 5.20. The van der Waals surface area contributed by atoms with Gasteiger partial charge in [-0.15, -0.1) is 0 Å². The van der Waals surface area contributed by atoms with E-state index in [0.717, 1.165) is 17.9 Å². The van der Waals surface area contributed by atoms with Crippen LogP contribution in [0.5, 0.6) is 0 Å². The summed E-state index contributed by atoms with van der Waals surface area (Å²) in [6.45, 7) is 8.99. The van der Waals surface area contributed by atoms with Crippen LogP contribution in [0.3, 0.4) is 0 Å². The van der Waals surface area contributed by atoms with Gasteiger partial charge in [0.25, 0.3) is 0 Å². The SMILES string of the molecule is CCOC(=O)CC1=NN(c2ccccc2)[C@H]([C-]=[O+][C@@H]2C[C@H](C)CC[C@H]2C(C)C)[C@H]1c1ccco1. The molecule has 6 nitrogen and oxygen atoms in total. The molecule has 2 heterocycles. The molecular formula is C28H36N2O4. The van der Waals surface area contributed by atoms with E-state index >= 15 is 0 Å². The van der Waals surface area contributed by atoms with Gasteiger partial charge in [-0.05, 0) is 55.9 Å². The minimum atomic E-state index is -0.358. The van der Waals surface area contributed by atoms with E-state index < -0.39 is 0 Å². The number of hydrazone groups is 1. The summed E-state index contributed by atoms with van der Waals surface area (Å²) in [5, 5.41) is 6.78. The van der Waals surface area contributed by atoms with E-state index in [4.69, 9.17) is 18.7 Å². The molecule has 0 bridgehead atoms. The standard InChI is InChI=1S/C28H36N2O4/c1-5-32-27(31)17-23-28(25-12-9-15-33-25)24(30(29-23)21-10-7-6-8-11-21)18-34-26-16-20(4)13-14-22(26)19(2)3/h6-12,15,19-20,22,24,26,28H,5,13-14,16-17H2,1-4H3/t20-,22+,24-,26-,28+/m1/s1. The lowest BCUT2D eigenvalue weighted by molar-refractivity contribution is -0.141. The average Bonchev–Trinajstić information content (AvgIpc) is 3.46. The van der Waals surface area contributed by atoms with Gasteiger partial charge in [-0.2, -0.15) is 5.10 Å². The first-order valence-corrected chi connectivity index (χ1v) is 12.5. The number of anilines is 1. The quantitative estimate of drug-likeness (QED) is 0.287. The first-order chi connectivity index (χ1) is 16.5. The molecule has 2 aliphatic rings. The number of hydrogen-bond acceptors (Lipinski definition) is 5. The van der Waals surface area contributed by atoms with Crippen molar-refractivity contribution >= 4 is 23.7 Å². The summed E-state index contributed by atoms with van der Waals surface area (Å²) in [5.41, 5.74) is 1.60. The molecule has 0 spiro atoms. The van der Waals surface area contributed by atoms with Crippen molar-refractivity contribution in [2.24, 2.45) is 22.9 Å². The molecule has 1 aromatic carbocycles. The van der Waals surface area contributed by atoms with Crippen LogP contribution in [0, 0.1) is 17.8 Å². The monoisotopic (exact) mass is 464 g/mol. The molecule has 34 heavy (non-hydrogen) atoms. The number of nitrogens with zero attached hydrogens (tertiary/aromatic N) is 2. The Balaban J connectivity index is 1.70. The van der Waals surface area contributed by atoms with E-state index in [1.54, 1.807) is 6.26 Å². The van der Waals surface area contributed by atoms with Gasteiger partial charge in [0.05, 0.1) is 36.6 Å². The minimum Gasteiger partial charge on any atom is -0.469 e. The third kappa shape index (κ3) is 5.43. The largest absolute Gasteiger partial charge is 0.469 e. The summed E-state index contributed by atoms with van der Waals surface area (Å²) >= 11 is 0. The molecule has 0 amide bonds. The highest BCUT2D eigenvalue weighted by atomic mass is 16.5. The number of carbonyl (C=O) groups excluding carboxylic acids is 2. The predicted molar refractivity (Wildman–Crippen MR) is 134 cm³/mol. The van der Waals surface area contributed by atoms with Crippen LogP contribution in [0.2, 0.25) is 0 Å². The van der Waals surface area contributed by atoms with Gasteiger partial charge in [-0.1, -0.05) is 39.0 Å². The van der Waals surface area contributed by atoms with Crippen molar-refractivity contribution in [3.8, 4) is 0 Å². The third-order valence-corrected chi connectivity index (χ3v) is 6.98. The normalized spacial score (nSPS) is 27.4. The van der Waals surface area contributed by atoms with Gasteiger partial charge in [0.2, 0.25) is 6.10 Å². The van der Waals surface area contributed by atoms with E-state index in [1.807, 2.05) is 54.4 Å². The Kier molecular flexibility index (Phi) is 7.86. The Morgan fingerprint density at radius 3 is 2.71 bits per heavy atom. The van der Waals surface area contributed by atoms with Gasteiger partial charge < -0.3 is 13.6 Å². The van der Waals surface area contributed by atoms with Crippen LogP contribution >= 0.6 is 0 Å². The Bertz CT molecular complexity index is 983. The lowest BCUT2D eigenvalue weighted by Crippen LogP contribution is -2.37. The Morgan fingerprint density at radius 2 is 2.03 bits per heavy atom. The molecule has 0 radical (unpaired) electrons. The molecular weight excluding hydrogens is 428 g/mol. The van der Waals surface area contributed by atoms with Gasteiger partial charge >= 0.3 is 5.97 Å². The van der Waals surface area contributed by atoms with Crippen molar-refractivity contribution in [1.82, 2.24) is 0 Å².